The highest BCUT2D eigenvalue weighted by Gasteiger charge is 2.44. The van der Waals surface area contributed by atoms with Crippen molar-refractivity contribution in [2.75, 3.05) is 39.3 Å². The molecule has 2 atom stereocenters. The second-order valence-corrected chi connectivity index (χ2v) is 13.0. The number of pyridine rings is 2. The SMILES string of the molecule is CCSc1cc([C@](O)(CCN(C)C)[C@@H](c2cc3cc(C#N)ccc3nc2OC)c2cccc(C)c2F)cc(SCC)n1. The summed E-state index contributed by atoms with van der Waals surface area (Å²) in [5, 5.41) is 25.0. The highest BCUT2D eigenvalue weighted by atomic mass is 32.2. The molecular weight excluding hydrogens is 568 g/mol. The van der Waals surface area contributed by atoms with E-state index in [9.17, 15) is 10.4 Å². The zero-order chi connectivity index (χ0) is 30.4. The molecule has 0 radical (unpaired) electrons. The Bertz CT molecular complexity index is 1580. The summed E-state index contributed by atoms with van der Waals surface area (Å²) in [4.78, 5) is 11.6. The molecule has 9 heteroatoms. The molecule has 0 unspecified atom stereocenters. The first-order chi connectivity index (χ1) is 20.1. The molecule has 2 aromatic carbocycles. The molecule has 220 valence electrons. The number of aryl methyl sites for hydroxylation is 1. The summed E-state index contributed by atoms with van der Waals surface area (Å²) < 4.78 is 22.0. The molecule has 0 bridgehead atoms. The molecule has 4 aromatic rings. The van der Waals surface area contributed by atoms with E-state index in [1.54, 1.807) is 60.8 Å². The van der Waals surface area contributed by atoms with Crippen LogP contribution in [0.3, 0.4) is 0 Å². The lowest BCUT2D eigenvalue weighted by atomic mass is 9.71. The maximum atomic E-state index is 16.2. The molecule has 0 saturated heterocycles. The summed E-state index contributed by atoms with van der Waals surface area (Å²) in [5.74, 6) is 0.655. The Morgan fingerprint density at radius 1 is 1.02 bits per heavy atom. The van der Waals surface area contributed by atoms with Gasteiger partial charge in [0.05, 0.1) is 40.2 Å². The van der Waals surface area contributed by atoms with E-state index < -0.39 is 11.5 Å². The van der Waals surface area contributed by atoms with Crippen LogP contribution in [0.1, 0.15) is 54.0 Å². The molecular formula is C33H37FN4O2S2. The van der Waals surface area contributed by atoms with Crippen molar-refractivity contribution in [3.05, 3.63) is 88.2 Å². The van der Waals surface area contributed by atoms with Crippen LogP contribution < -0.4 is 4.74 Å². The van der Waals surface area contributed by atoms with Gasteiger partial charge in [0.15, 0.2) is 0 Å². The van der Waals surface area contributed by atoms with Crippen molar-refractivity contribution >= 4 is 34.4 Å². The van der Waals surface area contributed by atoms with E-state index >= 15 is 4.39 Å². The van der Waals surface area contributed by atoms with Crippen molar-refractivity contribution < 1.29 is 14.2 Å². The monoisotopic (exact) mass is 604 g/mol. The molecule has 42 heavy (non-hydrogen) atoms. The third-order valence-electron chi connectivity index (χ3n) is 7.25. The first-order valence-corrected chi connectivity index (χ1v) is 15.9. The molecule has 0 spiro atoms. The second-order valence-electron chi connectivity index (χ2n) is 10.4. The number of hydrogen-bond acceptors (Lipinski definition) is 8. The maximum Gasteiger partial charge on any atom is 0.217 e. The fourth-order valence-electron chi connectivity index (χ4n) is 5.21. The number of methoxy groups -OCH3 is 1. The fourth-order valence-corrected chi connectivity index (χ4v) is 6.61. The summed E-state index contributed by atoms with van der Waals surface area (Å²) in [6.45, 7) is 6.39. The van der Waals surface area contributed by atoms with Gasteiger partial charge in [-0.1, -0.05) is 32.0 Å². The first-order valence-electron chi connectivity index (χ1n) is 13.9. The van der Waals surface area contributed by atoms with E-state index in [0.29, 0.717) is 57.6 Å². The van der Waals surface area contributed by atoms with Crippen LogP contribution in [0.2, 0.25) is 0 Å². The van der Waals surface area contributed by atoms with E-state index in [-0.39, 0.29) is 5.82 Å². The van der Waals surface area contributed by atoms with E-state index in [4.69, 9.17) is 14.7 Å². The summed E-state index contributed by atoms with van der Waals surface area (Å²) in [6.07, 6.45) is 0.300. The van der Waals surface area contributed by atoms with Crippen molar-refractivity contribution in [1.82, 2.24) is 14.9 Å². The molecule has 0 aliphatic carbocycles. The molecule has 0 saturated carbocycles. The first kappa shape index (κ1) is 31.8. The van der Waals surface area contributed by atoms with Gasteiger partial charge >= 0.3 is 0 Å². The number of hydrogen-bond donors (Lipinski definition) is 1. The van der Waals surface area contributed by atoms with Crippen LogP contribution in [0.25, 0.3) is 10.9 Å². The van der Waals surface area contributed by atoms with Crippen molar-refractivity contribution in [2.45, 2.75) is 48.8 Å². The summed E-state index contributed by atoms with van der Waals surface area (Å²) in [6, 6.07) is 18.4. The highest BCUT2D eigenvalue weighted by molar-refractivity contribution is 7.99. The Kier molecular flexibility index (Phi) is 10.5. The van der Waals surface area contributed by atoms with E-state index in [2.05, 4.69) is 19.9 Å². The van der Waals surface area contributed by atoms with Crippen LogP contribution >= 0.6 is 23.5 Å². The zero-order valence-corrected chi connectivity index (χ0v) is 26.6. The number of rotatable bonds is 12. The van der Waals surface area contributed by atoms with Crippen LogP contribution in [0.4, 0.5) is 4.39 Å². The highest BCUT2D eigenvalue weighted by Crippen LogP contribution is 2.49. The molecule has 0 fully saturated rings. The van der Waals surface area contributed by atoms with Gasteiger partial charge in [-0.25, -0.2) is 14.4 Å². The van der Waals surface area contributed by atoms with Gasteiger partial charge in [-0.3, -0.25) is 0 Å². The quantitative estimate of drug-likeness (QED) is 0.171. The minimum atomic E-state index is -1.58. The molecule has 0 aliphatic heterocycles. The average molecular weight is 605 g/mol. The zero-order valence-electron chi connectivity index (χ0n) is 24.9. The van der Waals surface area contributed by atoms with Gasteiger partial charge in [-0.2, -0.15) is 5.26 Å². The number of nitriles is 1. The number of fused-ring (bicyclic) bond motifs is 1. The number of benzene rings is 2. The molecule has 1 N–H and O–H groups in total. The van der Waals surface area contributed by atoms with Crippen LogP contribution in [-0.2, 0) is 5.60 Å². The Labute approximate surface area is 256 Å². The Morgan fingerprint density at radius 2 is 1.71 bits per heavy atom. The third kappa shape index (κ3) is 6.73. The van der Waals surface area contributed by atoms with Gasteiger partial charge in [0.1, 0.15) is 11.4 Å². The largest absolute Gasteiger partial charge is 0.481 e. The number of halogens is 1. The van der Waals surface area contributed by atoms with E-state index in [1.165, 1.54) is 7.11 Å². The van der Waals surface area contributed by atoms with Crippen molar-refractivity contribution in [2.24, 2.45) is 0 Å². The van der Waals surface area contributed by atoms with Gasteiger partial charge in [0.2, 0.25) is 5.88 Å². The summed E-state index contributed by atoms with van der Waals surface area (Å²) >= 11 is 3.21. The number of aliphatic hydroxyl groups is 1. The lowest BCUT2D eigenvalue weighted by molar-refractivity contribution is 0.00234. The average Bonchev–Trinajstić information content (AvgIpc) is 2.98. The summed E-state index contributed by atoms with van der Waals surface area (Å²) in [5.41, 5.74) is 1.57. The van der Waals surface area contributed by atoms with Crippen LogP contribution in [0.15, 0.2) is 64.6 Å². The fraction of sp³-hybridized carbons (Fsp3) is 0.364. The predicted octanol–water partition coefficient (Wildman–Crippen LogP) is 7.15. The molecule has 6 nitrogen and oxygen atoms in total. The van der Waals surface area contributed by atoms with Gasteiger partial charge in [-0.15, -0.1) is 23.5 Å². The van der Waals surface area contributed by atoms with Gasteiger partial charge < -0.3 is 14.7 Å². The maximum absolute atomic E-state index is 16.2. The Morgan fingerprint density at radius 3 is 2.31 bits per heavy atom. The Balaban J connectivity index is 2.11. The smallest absolute Gasteiger partial charge is 0.217 e. The third-order valence-corrected chi connectivity index (χ3v) is 8.84. The number of ether oxygens (including phenoxy) is 1. The standard InChI is InChI=1S/C33H37FN4O2S2/c1-7-41-28-18-24(19-29(37-28)42-8-2)33(39,14-15-38(4)5)30(25-11-9-10-21(3)31(25)34)26-17-23-16-22(20-35)12-13-27(23)36-32(26)40-6/h9-13,16-19,30,39H,7-8,14-15H2,1-6H3/t30-,33-/m1/s1. The normalized spacial score (nSPS) is 13.6. The van der Waals surface area contributed by atoms with E-state index in [1.807, 2.05) is 43.3 Å². The van der Waals surface area contributed by atoms with Crippen molar-refractivity contribution in [1.29, 1.82) is 5.26 Å². The molecule has 2 heterocycles. The van der Waals surface area contributed by atoms with Gasteiger partial charge in [-0.05, 0) is 92.0 Å². The molecule has 4 rings (SSSR count). The van der Waals surface area contributed by atoms with Crippen LogP contribution in [0.5, 0.6) is 5.88 Å². The number of aromatic nitrogens is 2. The molecule has 0 aliphatic rings. The minimum absolute atomic E-state index is 0.293. The number of nitrogens with zero attached hydrogens (tertiary/aromatic N) is 4. The lowest BCUT2D eigenvalue weighted by Gasteiger charge is -2.39. The van der Waals surface area contributed by atoms with Gasteiger partial charge in [0.25, 0.3) is 0 Å². The van der Waals surface area contributed by atoms with Crippen molar-refractivity contribution in [3.63, 3.8) is 0 Å². The minimum Gasteiger partial charge on any atom is -0.481 e. The summed E-state index contributed by atoms with van der Waals surface area (Å²) in [7, 11) is 5.43. The Hall–Kier alpha value is -3.16. The van der Waals surface area contributed by atoms with Crippen molar-refractivity contribution in [3.8, 4) is 11.9 Å². The lowest BCUT2D eigenvalue weighted by Crippen LogP contribution is -2.38. The van der Waals surface area contributed by atoms with Gasteiger partial charge in [0, 0.05) is 17.5 Å². The molecule has 0 amide bonds. The van der Waals surface area contributed by atoms with E-state index in [0.717, 1.165) is 21.6 Å². The topological polar surface area (TPSA) is 82.3 Å². The molecule has 2 aromatic heterocycles. The number of thioether (sulfide) groups is 2. The second kappa shape index (κ2) is 13.9. The van der Waals surface area contributed by atoms with Crippen LogP contribution in [0, 0.1) is 24.1 Å². The predicted molar refractivity (Wildman–Crippen MR) is 170 cm³/mol. The van der Waals surface area contributed by atoms with Crippen LogP contribution in [-0.4, -0.2) is 59.2 Å².